The highest BCUT2D eigenvalue weighted by Crippen LogP contribution is 2.35. The van der Waals surface area contributed by atoms with Crippen molar-refractivity contribution < 1.29 is 13.9 Å². The molecular weight excluding hydrogens is 314 g/mol. The molecule has 4 rings (SSSR count). The second-order valence-corrected chi connectivity index (χ2v) is 6.92. The zero-order valence-electron chi connectivity index (χ0n) is 14.3. The van der Waals surface area contributed by atoms with Crippen LogP contribution in [0.15, 0.2) is 59.7 Å². The number of hydrogen-bond donors (Lipinski definition) is 0. The van der Waals surface area contributed by atoms with Crippen molar-refractivity contribution in [3.63, 3.8) is 0 Å². The molecule has 3 heterocycles. The molecule has 1 aromatic heterocycles. The Morgan fingerprint density at radius 1 is 1.16 bits per heavy atom. The van der Waals surface area contributed by atoms with Gasteiger partial charge in [-0.1, -0.05) is 36.9 Å². The predicted octanol–water partition coefficient (Wildman–Crippen LogP) is 4.17. The Labute approximate surface area is 148 Å². The summed E-state index contributed by atoms with van der Waals surface area (Å²) in [6, 6.07) is 12.3. The van der Waals surface area contributed by atoms with Gasteiger partial charge in [-0.25, -0.2) is 0 Å². The molecule has 0 aliphatic carbocycles. The molecule has 2 aliphatic heterocycles. The van der Waals surface area contributed by atoms with E-state index in [1.165, 1.54) is 6.08 Å². The summed E-state index contributed by atoms with van der Waals surface area (Å²) in [5.41, 5.74) is 2.15. The molecule has 2 unspecified atom stereocenters. The molecule has 1 aromatic carbocycles. The highest BCUT2D eigenvalue weighted by Gasteiger charge is 2.38. The first-order valence-electron chi connectivity index (χ1n) is 8.94. The number of carbonyl (C=O) groups excluding carboxylic acids is 1. The highest BCUT2D eigenvalue weighted by molar-refractivity contribution is 5.87. The van der Waals surface area contributed by atoms with Gasteiger partial charge in [-0.15, -0.1) is 0 Å². The molecule has 0 spiro atoms. The van der Waals surface area contributed by atoms with Crippen LogP contribution in [-0.4, -0.2) is 29.1 Å². The van der Waals surface area contributed by atoms with Crippen LogP contribution in [0.5, 0.6) is 0 Å². The average Bonchev–Trinajstić information content (AvgIpc) is 3.26. The number of hydrogen-bond acceptors (Lipinski definition) is 3. The number of ether oxygens (including phenoxy) is 1. The van der Waals surface area contributed by atoms with Crippen molar-refractivity contribution in [3.8, 4) is 11.1 Å². The third-order valence-electron chi connectivity index (χ3n) is 5.25. The van der Waals surface area contributed by atoms with E-state index >= 15 is 0 Å². The van der Waals surface area contributed by atoms with Crippen LogP contribution in [0.2, 0.25) is 0 Å². The van der Waals surface area contributed by atoms with Gasteiger partial charge < -0.3 is 14.1 Å². The Balaban J connectivity index is 1.52. The lowest BCUT2D eigenvalue weighted by Crippen LogP contribution is -2.44. The normalized spacial score (nSPS) is 24.9. The van der Waals surface area contributed by atoms with Crippen LogP contribution >= 0.6 is 0 Å². The summed E-state index contributed by atoms with van der Waals surface area (Å²) in [5, 5.41) is 0. The van der Waals surface area contributed by atoms with Gasteiger partial charge in [-0.2, -0.15) is 0 Å². The van der Waals surface area contributed by atoms with Gasteiger partial charge in [0.2, 0.25) is 5.91 Å². The number of furan rings is 1. The summed E-state index contributed by atoms with van der Waals surface area (Å²) >= 11 is 0. The molecular formula is C21H23NO3. The smallest absolute Gasteiger partial charge is 0.246 e. The predicted molar refractivity (Wildman–Crippen MR) is 95.8 cm³/mol. The minimum Gasteiger partial charge on any atom is -0.467 e. The maximum absolute atomic E-state index is 12.5. The lowest BCUT2D eigenvalue weighted by molar-refractivity contribution is -0.133. The van der Waals surface area contributed by atoms with Crippen molar-refractivity contribution in [2.75, 3.05) is 0 Å². The zero-order chi connectivity index (χ0) is 17.2. The molecule has 2 atom stereocenters. The van der Waals surface area contributed by atoms with Gasteiger partial charge in [0, 0.05) is 11.6 Å². The molecule has 130 valence electrons. The van der Waals surface area contributed by atoms with E-state index in [-0.39, 0.29) is 11.9 Å². The summed E-state index contributed by atoms with van der Waals surface area (Å²) in [7, 11) is 0. The van der Waals surface area contributed by atoms with E-state index in [4.69, 9.17) is 9.15 Å². The molecule has 1 amide bonds. The van der Waals surface area contributed by atoms with Crippen LogP contribution < -0.4 is 0 Å². The first-order valence-corrected chi connectivity index (χ1v) is 8.94. The van der Waals surface area contributed by atoms with Crippen LogP contribution in [-0.2, 0) is 16.1 Å². The van der Waals surface area contributed by atoms with Gasteiger partial charge in [-0.05, 0) is 43.4 Å². The molecule has 2 fully saturated rings. The molecule has 4 nitrogen and oxygen atoms in total. The third-order valence-corrected chi connectivity index (χ3v) is 5.25. The van der Waals surface area contributed by atoms with Crippen LogP contribution in [0.1, 0.15) is 31.4 Å². The molecule has 0 radical (unpaired) electrons. The van der Waals surface area contributed by atoms with Crippen LogP contribution in [0.25, 0.3) is 11.1 Å². The summed E-state index contributed by atoms with van der Waals surface area (Å²) in [6.07, 6.45) is 7.77. The quantitative estimate of drug-likeness (QED) is 0.769. The lowest BCUT2D eigenvalue weighted by atomic mass is 10.0. The molecule has 2 bridgehead atoms. The fraction of sp³-hybridized carbons (Fsp3) is 0.381. The molecule has 2 aliphatic rings. The Morgan fingerprint density at radius 3 is 2.56 bits per heavy atom. The van der Waals surface area contributed by atoms with Crippen LogP contribution in [0.3, 0.4) is 0 Å². The minimum atomic E-state index is -0.0380. The van der Waals surface area contributed by atoms with E-state index in [9.17, 15) is 4.79 Å². The molecule has 0 N–H and O–H groups in total. The van der Waals surface area contributed by atoms with E-state index in [2.05, 4.69) is 18.7 Å². The van der Waals surface area contributed by atoms with Crippen molar-refractivity contribution >= 4 is 5.91 Å². The molecule has 4 heteroatoms. The fourth-order valence-corrected chi connectivity index (χ4v) is 4.00. The summed E-state index contributed by atoms with van der Waals surface area (Å²) in [4.78, 5) is 14.3. The van der Waals surface area contributed by atoms with E-state index in [1.807, 2.05) is 29.2 Å². The Kier molecular flexibility index (Phi) is 4.45. The summed E-state index contributed by atoms with van der Waals surface area (Å²) in [6.45, 7) is 4.15. The van der Waals surface area contributed by atoms with E-state index in [0.717, 1.165) is 42.6 Å². The van der Waals surface area contributed by atoms with Crippen LogP contribution in [0.4, 0.5) is 0 Å². The lowest BCUT2D eigenvalue weighted by Gasteiger charge is -2.36. The summed E-state index contributed by atoms with van der Waals surface area (Å²) < 4.78 is 11.7. The zero-order valence-corrected chi connectivity index (χ0v) is 14.3. The van der Waals surface area contributed by atoms with Gasteiger partial charge in [0.15, 0.2) is 0 Å². The minimum absolute atomic E-state index is 0.0380. The monoisotopic (exact) mass is 337 g/mol. The van der Waals surface area contributed by atoms with E-state index in [0.29, 0.717) is 18.8 Å². The molecule has 25 heavy (non-hydrogen) atoms. The number of fused-ring (bicyclic) bond motifs is 2. The van der Waals surface area contributed by atoms with Gasteiger partial charge in [-0.3, -0.25) is 4.79 Å². The Morgan fingerprint density at radius 2 is 1.88 bits per heavy atom. The van der Waals surface area contributed by atoms with Gasteiger partial charge in [0.25, 0.3) is 0 Å². The highest BCUT2D eigenvalue weighted by atomic mass is 16.5. The maximum atomic E-state index is 12.5. The second kappa shape index (κ2) is 6.89. The SMILES string of the molecule is C=CC(=O)N(Cc1cc(-c2ccccc2)co1)C1CC2CCC(C1)O2. The molecule has 2 aromatic rings. The van der Waals surface area contributed by atoms with Crippen molar-refractivity contribution in [3.05, 3.63) is 61.1 Å². The van der Waals surface area contributed by atoms with Crippen molar-refractivity contribution in [1.82, 2.24) is 4.90 Å². The number of benzene rings is 1. The largest absolute Gasteiger partial charge is 0.467 e. The first-order chi connectivity index (χ1) is 12.2. The van der Waals surface area contributed by atoms with Crippen LogP contribution in [0, 0.1) is 0 Å². The number of rotatable bonds is 5. The first kappa shape index (κ1) is 16.2. The molecule has 0 saturated carbocycles. The van der Waals surface area contributed by atoms with Gasteiger partial charge in [0.1, 0.15) is 5.76 Å². The molecule has 2 saturated heterocycles. The fourth-order valence-electron chi connectivity index (χ4n) is 4.00. The van der Waals surface area contributed by atoms with Gasteiger partial charge >= 0.3 is 0 Å². The van der Waals surface area contributed by atoms with E-state index in [1.54, 1.807) is 6.26 Å². The van der Waals surface area contributed by atoms with Crippen molar-refractivity contribution in [1.29, 1.82) is 0 Å². The number of amides is 1. The number of carbonyl (C=O) groups is 1. The third kappa shape index (κ3) is 3.40. The topological polar surface area (TPSA) is 42.7 Å². The standard InChI is InChI=1S/C21H23NO3/c1-2-21(23)22(17-11-18-8-9-19(12-17)25-18)13-20-10-16(14-24-20)15-6-4-3-5-7-15/h2-7,10,14,17-19H,1,8-9,11-13H2. The second-order valence-electron chi connectivity index (χ2n) is 6.92. The van der Waals surface area contributed by atoms with Crippen molar-refractivity contribution in [2.45, 2.75) is 50.5 Å². The van der Waals surface area contributed by atoms with Crippen molar-refractivity contribution in [2.24, 2.45) is 0 Å². The Bertz CT molecular complexity index is 740. The summed E-state index contributed by atoms with van der Waals surface area (Å²) in [5.74, 6) is 0.761. The average molecular weight is 337 g/mol. The van der Waals surface area contributed by atoms with E-state index < -0.39 is 0 Å². The maximum Gasteiger partial charge on any atom is 0.246 e. The van der Waals surface area contributed by atoms with Gasteiger partial charge in [0.05, 0.1) is 25.0 Å². The number of nitrogens with zero attached hydrogens (tertiary/aromatic N) is 1. The Hall–Kier alpha value is -2.33.